The van der Waals surface area contributed by atoms with Crippen LogP contribution in [0.15, 0.2) is 72.8 Å². The van der Waals surface area contributed by atoms with Crippen molar-refractivity contribution >= 4 is 17.5 Å². The van der Waals surface area contributed by atoms with Gasteiger partial charge in [-0.05, 0) is 55.5 Å². The summed E-state index contributed by atoms with van der Waals surface area (Å²) in [6.07, 6.45) is 1.38. The molecule has 0 spiro atoms. The molecule has 176 valence electrons. The molecule has 6 nitrogen and oxygen atoms in total. The second-order valence-electron chi connectivity index (χ2n) is 9.59. The molecule has 0 bridgehead atoms. The zero-order chi connectivity index (χ0) is 24.3. The van der Waals surface area contributed by atoms with Crippen molar-refractivity contribution in [2.75, 3.05) is 4.90 Å². The summed E-state index contributed by atoms with van der Waals surface area (Å²) in [5.41, 5.74) is 9.92. The van der Waals surface area contributed by atoms with Gasteiger partial charge < -0.3 is 21.1 Å². The third-order valence-corrected chi connectivity index (χ3v) is 6.01. The fourth-order valence-electron chi connectivity index (χ4n) is 4.36. The molecule has 1 heterocycles. The van der Waals surface area contributed by atoms with E-state index in [1.807, 2.05) is 60.7 Å². The Balaban J connectivity index is 1.58. The highest BCUT2D eigenvalue weighted by molar-refractivity contribution is 6.00. The summed E-state index contributed by atoms with van der Waals surface area (Å²) in [6, 6.07) is 22.3. The number of carbonyl (C=O) groups excluding carboxylic acids is 2. The number of nitrogens with zero attached hydrogens (tertiary/aromatic N) is 1. The van der Waals surface area contributed by atoms with Crippen molar-refractivity contribution in [2.24, 2.45) is 5.73 Å². The van der Waals surface area contributed by atoms with Crippen molar-refractivity contribution in [3.05, 3.63) is 83.9 Å². The number of aryl methyl sites for hydroxylation is 1. The van der Waals surface area contributed by atoms with E-state index in [9.17, 15) is 14.7 Å². The Morgan fingerprint density at radius 2 is 1.74 bits per heavy atom. The van der Waals surface area contributed by atoms with Gasteiger partial charge in [0.2, 0.25) is 11.8 Å². The molecule has 4 rings (SSSR count). The van der Waals surface area contributed by atoms with Gasteiger partial charge in [0.05, 0.1) is 6.54 Å². The van der Waals surface area contributed by atoms with Gasteiger partial charge in [-0.1, -0.05) is 60.7 Å². The normalized spacial score (nSPS) is 16.0. The number of carbonyl (C=O) groups is 2. The van der Waals surface area contributed by atoms with E-state index >= 15 is 0 Å². The van der Waals surface area contributed by atoms with Crippen LogP contribution in [-0.2, 0) is 22.6 Å². The summed E-state index contributed by atoms with van der Waals surface area (Å²) in [6.45, 7) is 3.97. The van der Waals surface area contributed by atoms with Crippen molar-refractivity contribution < 1.29 is 14.7 Å². The van der Waals surface area contributed by atoms with Crippen LogP contribution in [0.1, 0.15) is 37.8 Å². The minimum absolute atomic E-state index is 0.127. The van der Waals surface area contributed by atoms with Crippen molar-refractivity contribution in [3.63, 3.8) is 0 Å². The number of phenolic OH excluding ortho intramolecular Hbond substituents is 1. The average Bonchev–Trinajstić information content (AvgIpc) is 2.91. The van der Waals surface area contributed by atoms with E-state index in [1.165, 1.54) is 0 Å². The monoisotopic (exact) mass is 457 g/mol. The second kappa shape index (κ2) is 9.69. The lowest BCUT2D eigenvalue weighted by molar-refractivity contribution is -0.128. The summed E-state index contributed by atoms with van der Waals surface area (Å²) in [7, 11) is 0. The van der Waals surface area contributed by atoms with E-state index < -0.39 is 11.6 Å². The molecular weight excluding hydrogens is 426 g/mol. The van der Waals surface area contributed by atoms with Gasteiger partial charge in [-0.25, -0.2) is 0 Å². The smallest absolute Gasteiger partial charge is 0.249 e. The quantitative estimate of drug-likeness (QED) is 0.518. The number of rotatable bonds is 6. The Morgan fingerprint density at radius 1 is 1.06 bits per heavy atom. The molecule has 34 heavy (non-hydrogen) atoms. The second-order valence-corrected chi connectivity index (χ2v) is 9.59. The van der Waals surface area contributed by atoms with E-state index in [1.54, 1.807) is 30.9 Å². The highest BCUT2D eigenvalue weighted by Gasteiger charge is 2.32. The van der Waals surface area contributed by atoms with Gasteiger partial charge in [-0.2, -0.15) is 0 Å². The van der Waals surface area contributed by atoms with Gasteiger partial charge in [0.15, 0.2) is 0 Å². The molecule has 6 heteroatoms. The van der Waals surface area contributed by atoms with Crippen LogP contribution in [0.2, 0.25) is 0 Å². The maximum absolute atomic E-state index is 13.6. The van der Waals surface area contributed by atoms with E-state index in [2.05, 4.69) is 5.32 Å². The molecule has 0 aromatic heterocycles. The number of phenols is 1. The Kier molecular flexibility index (Phi) is 6.70. The van der Waals surface area contributed by atoms with Gasteiger partial charge in [0.25, 0.3) is 0 Å². The molecule has 4 N–H and O–H groups in total. The molecule has 1 aliphatic rings. The largest absolute Gasteiger partial charge is 0.507 e. The zero-order valence-corrected chi connectivity index (χ0v) is 19.6. The van der Waals surface area contributed by atoms with E-state index in [4.69, 9.17) is 5.73 Å². The Hall–Kier alpha value is -3.64. The molecule has 0 saturated heterocycles. The summed E-state index contributed by atoms with van der Waals surface area (Å²) >= 11 is 0. The molecule has 0 unspecified atom stereocenters. The fraction of sp³-hybridized carbons (Fsp3) is 0.286. The third-order valence-electron chi connectivity index (χ3n) is 6.01. The van der Waals surface area contributed by atoms with Gasteiger partial charge >= 0.3 is 0 Å². The maximum Gasteiger partial charge on any atom is 0.249 e. The first-order chi connectivity index (χ1) is 16.2. The number of benzene rings is 3. The molecule has 0 aliphatic carbocycles. The number of hydrogen-bond acceptors (Lipinski definition) is 4. The lowest BCUT2D eigenvalue weighted by atomic mass is 10.0. The third kappa shape index (κ3) is 5.46. The van der Waals surface area contributed by atoms with Crippen molar-refractivity contribution in [2.45, 2.75) is 51.2 Å². The summed E-state index contributed by atoms with van der Waals surface area (Å²) < 4.78 is 0. The molecule has 3 aromatic carbocycles. The maximum atomic E-state index is 13.6. The van der Waals surface area contributed by atoms with Crippen LogP contribution in [0.4, 0.5) is 5.69 Å². The summed E-state index contributed by atoms with van der Waals surface area (Å²) in [4.78, 5) is 27.9. The number of hydrogen-bond donors (Lipinski definition) is 3. The molecule has 2 amide bonds. The van der Waals surface area contributed by atoms with Gasteiger partial charge in [-0.3, -0.25) is 9.59 Å². The first kappa shape index (κ1) is 23.5. The molecule has 0 fully saturated rings. The molecule has 1 atom stereocenters. The van der Waals surface area contributed by atoms with Crippen LogP contribution in [0, 0.1) is 0 Å². The van der Waals surface area contributed by atoms with Crippen molar-refractivity contribution in [3.8, 4) is 16.9 Å². The van der Waals surface area contributed by atoms with Crippen LogP contribution in [-0.4, -0.2) is 28.5 Å². The minimum atomic E-state index is -0.643. The summed E-state index contributed by atoms with van der Waals surface area (Å²) in [5.74, 6) is -0.118. The molecule has 0 saturated carbocycles. The molecule has 0 radical (unpaired) electrons. The van der Waals surface area contributed by atoms with Gasteiger partial charge in [-0.15, -0.1) is 0 Å². The number of anilines is 1. The molecular formula is C28H31N3O3. The predicted octanol–water partition coefficient (Wildman–Crippen LogP) is 4.15. The number of aromatic hydroxyl groups is 1. The number of nitrogens with two attached hydrogens (primary N) is 1. The standard InChI is InChI=1S/C28H31N3O3/c1-28(2,29)17-26(33)30-23-16-15-21-7-3-5-9-24(21)31(27(23)34)18-19-11-13-20(14-12-19)22-8-4-6-10-25(22)32/h3-14,23,32H,15-18,29H2,1-2H3,(H,30,33)/t23-/m1/s1. The van der Waals surface area contributed by atoms with Crippen LogP contribution < -0.4 is 16.0 Å². The number of amides is 2. The van der Waals surface area contributed by atoms with Crippen LogP contribution in [0.5, 0.6) is 5.75 Å². The zero-order valence-electron chi connectivity index (χ0n) is 19.6. The average molecular weight is 458 g/mol. The summed E-state index contributed by atoms with van der Waals surface area (Å²) in [5, 5.41) is 13.1. The van der Waals surface area contributed by atoms with Gasteiger partial charge in [0, 0.05) is 23.2 Å². The van der Waals surface area contributed by atoms with Crippen LogP contribution >= 0.6 is 0 Å². The number of fused-ring (bicyclic) bond motifs is 1. The van der Waals surface area contributed by atoms with E-state index in [-0.39, 0.29) is 24.0 Å². The first-order valence-corrected chi connectivity index (χ1v) is 11.6. The lowest BCUT2D eigenvalue weighted by Crippen LogP contribution is -2.49. The lowest BCUT2D eigenvalue weighted by Gasteiger charge is -2.27. The highest BCUT2D eigenvalue weighted by atomic mass is 16.3. The number of para-hydroxylation sites is 2. The Labute approximate surface area is 200 Å². The SMILES string of the molecule is CC(C)(N)CC(=O)N[C@@H]1CCc2ccccc2N(Cc2ccc(-c3ccccc3O)cc2)C1=O. The van der Waals surface area contributed by atoms with Crippen molar-refractivity contribution in [1.82, 2.24) is 5.32 Å². The fourth-order valence-corrected chi connectivity index (χ4v) is 4.36. The molecule has 1 aliphatic heterocycles. The Morgan fingerprint density at radius 3 is 2.44 bits per heavy atom. The number of nitrogens with one attached hydrogen (secondary N) is 1. The van der Waals surface area contributed by atoms with Crippen LogP contribution in [0.25, 0.3) is 11.1 Å². The van der Waals surface area contributed by atoms with Crippen molar-refractivity contribution in [1.29, 1.82) is 0 Å². The Bertz CT molecular complexity index is 1180. The highest BCUT2D eigenvalue weighted by Crippen LogP contribution is 2.31. The first-order valence-electron chi connectivity index (χ1n) is 11.6. The molecule has 3 aromatic rings. The van der Waals surface area contributed by atoms with E-state index in [0.29, 0.717) is 19.4 Å². The predicted molar refractivity (Wildman–Crippen MR) is 134 cm³/mol. The van der Waals surface area contributed by atoms with Gasteiger partial charge in [0.1, 0.15) is 11.8 Å². The minimum Gasteiger partial charge on any atom is -0.507 e. The van der Waals surface area contributed by atoms with Crippen LogP contribution in [0.3, 0.4) is 0 Å². The topological polar surface area (TPSA) is 95.7 Å². The van der Waals surface area contributed by atoms with E-state index in [0.717, 1.165) is 27.9 Å².